The molecule has 1 aromatic carbocycles. The minimum atomic E-state index is 0.443. The van der Waals surface area contributed by atoms with Crippen molar-refractivity contribution >= 4 is 21.6 Å². The quantitative estimate of drug-likeness (QED) is 0.773. The van der Waals surface area contributed by atoms with Crippen LogP contribution in [0.3, 0.4) is 0 Å². The Morgan fingerprint density at radius 2 is 1.90 bits per heavy atom. The first-order valence-electron chi connectivity index (χ1n) is 7.83. The summed E-state index contributed by atoms with van der Waals surface area (Å²) in [7, 11) is 0. The minimum absolute atomic E-state index is 0.443. The fraction of sp³-hybridized carbons (Fsp3) is 0.611. The van der Waals surface area contributed by atoms with E-state index in [0.717, 1.165) is 28.5 Å². The molecule has 0 bridgehead atoms. The molecule has 0 saturated heterocycles. The third kappa shape index (κ3) is 4.48. The zero-order valence-corrected chi connectivity index (χ0v) is 14.8. The van der Waals surface area contributed by atoms with Gasteiger partial charge in [0.25, 0.3) is 0 Å². The molecule has 0 aromatic heterocycles. The summed E-state index contributed by atoms with van der Waals surface area (Å²) in [5.41, 5.74) is 2.12. The number of anilines is 1. The maximum absolute atomic E-state index is 9.19. The van der Waals surface area contributed by atoms with E-state index < -0.39 is 0 Å². The average molecular weight is 349 g/mol. The maximum Gasteiger partial charge on any atom is 0.101 e. The average Bonchev–Trinajstić information content (AvgIpc) is 2.45. The summed E-state index contributed by atoms with van der Waals surface area (Å²) in [6, 6.07) is 8.11. The van der Waals surface area contributed by atoms with Crippen molar-refractivity contribution in [2.45, 2.75) is 46.5 Å². The van der Waals surface area contributed by atoms with Gasteiger partial charge < -0.3 is 5.32 Å². The topological polar surface area (TPSA) is 35.8 Å². The Kier molecular flexibility index (Phi) is 5.32. The number of hydrogen-bond donors (Lipinski definition) is 1. The Labute approximate surface area is 137 Å². The highest BCUT2D eigenvalue weighted by Crippen LogP contribution is 2.39. The highest BCUT2D eigenvalue weighted by Gasteiger charge is 2.29. The molecule has 2 nitrogen and oxygen atoms in total. The second-order valence-electron chi connectivity index (χ2n) is 7.27. The van der Waals surface area contributed by atoms with Gasteiger partial charge in [-0.25, -0.2) is 0 Å². The van der Waals surface area contributed by atoms with E-state index in [-0.39, 0.29) is 0 Å². The first-order valence-corrected chi connectivity index (χ1v) is 8.63. The van der Waals surface area contributed by atoms with Crippen LogP contribution in [0.2, 0.25) is 0 Å². The Morgan fingerprint density at radius 1 is 1.24 bits per heavy atom. The molecule has 3 heteroatoms. The van der Waals surface area contributed by atoms with Gasteiger partial charge in [0.1, 0.15) is 6.07 Å². The highest BCUT2D eigenvalue weighted by molar-refractivity contribution is 9.10. The molecule has 1 aliphatic carbocycles. The zero-order valence-electron chi connectivity index (χ0n) is 13.2. The fourth-order valence-electron chi connectivity index (χ4n) is 3.25. The van der Waals surface area contributed by atoms with Crippen LogP contribution in [-0.4, -0.2) is 6.54 Å². The number of nitriles is 1. The molecule has 0 amide bonds. The van der Waals surface area contributed by atoms with E-state index in [1.54, 1.807) is 0 Å². The molecule has 114 valence electrons. The Bertz CT molecular complexity index is 517. The van der Waals surface area contributed by atoms with Crippen molar-refractivity contribution in [3.63, 3.8) is 0 Å². The van der Waals surface area contributed by atoms with Gasteiger partial charge in [-0.2, -0.15) is 5.26 Å². The van der Waals surface area contributed by atoms with Gasteiger partial charge in [-0.05, 0) is 61.1 Å². The molecule has 2 rings (SSSR count). The summed E-state index contributed by atoms with van der Waals surface area (Å²) in [4.78, 5) is 0. The van der Waals surface area contributed by atoms with E-state index in [0.29, 0.717) is 11.0 Å². The number of nitrogens with one attached hydrogen (secondary N) is 1. The van der Waals surface area contributed by atoms with E-state index in [1.807, 2.05) is 18.2 Å². The smallest absolute Gasteiger partial charge is 0.101 e. The molecular weight excluding hydrogens is 324 g/mol. The van der Waals surface area contributed by atoms with Crippen LogP contribution in [0, 0.1) is 28.6 Å². The third-order valence-corrected chi connectivity index (χ3v) is 5.25. The van der Waals surface area contributed by atoms with Crippen LogP contribution >= 0.6 is 15.9 Å². The lowest BCUT2D eigenvalue weighted by Crippen LogP contribution is -2.28. The predicted octanol–water partition coefficient (Wildman–Crippen LogP) is 5.59. The van der Waals surface area contributed by atoms with E-state index in [9.17, 15) is 5.26 Å². The molecule has 1 aliphatic rings. The molecule has 0 aliphatic heterocycles. The predicted molar refractivity (Wildman–Crippen MR) is 92.2 cm³/mol. The molecular formula is C18H25BrN2. The van der Waals surface area contributed by atoms with Crippen molar-refractivity contribution in [2.24, 2.45) is 17.3 Å². The van der Waals surface area contributed by atoms with Crippen LogP contribution in [0.4, 0.5) is 5.69 Å². The number of nitrogens with zero attached hydrogens (tertiary/aromatic N) is 1. The molecule has 1 saturated carbocycles. The lowest BCUT2D eigenvalue weighted by molar-refractivity contribution is 0.153. The molecule has 1 aromatic rings. The van der Waals surface area contributed by atoms with E-state index >= 15 is 0 Å². The summed E-state index contributed by atoms with van der Waals surface area (Å²) in [6.07, 6.45) is 5.27. The molecule has 0 spiro atoms. The number of rotatable bonds is 3. The van der Waals surface area contributed by atoms with Gasteiger partial charge in [-0.1, -0.05) is 36.7 Å². The van der Waals surface area contributed by atoms with Gasteiger partial charge in [0.15, 0.2) is 0 Å². The summed E-state index contributed by atoms with van der Waals surface area (Å²) in [6.45, 7) is 8.05. The number of benzene rings is 1. The van der Waals surface area contributed by atoms with Crippen molar-refractivity contribution in [3.8, 4) is 6.07 Å². The lowest BCUT2D eigenvalue weighted by Gasteiger charge is -2.37. The zero-order chi connectivity index (χ0) is 15.5. The first-order chi connectivity index (χ1) is 9.90. The van der Waals surface area contributed by atoms with Gasteiger partial charge >= 0.3 is 0 Å². The summed E-state index contributed by atoms with van der Waals surface area (Å²) < 4.78 is 0.954. The third-order valence-electron chi connectivity index (χ3n) is 4.75. The van der Waals surface area contributed by atoms with Crippen molar-refractivity contribution in [1.82, 2.24) is 0 Å². The minimum Gasteiger partial charge on any atom is -0.384 e. The number of halogens is 1. The Balaban J connectivity index is 1.87. The van der Waals surface area contributed by atoms with Crippen LogP contribution in [0.5, 0.6) is 0 Å². The van der Waals surface area contributed by atoms with Gasteiger partial charge in [-0.3, -0.25) is 0 Å². The van der Waals surface area contributed by atoms with Crippen molar-refractivity contribution in [3.05, 3.63) is 28.2 Å². The van der Waals surface area contributed by atoms with Crippen LogP contribution < -0.4 is 5.32 Å². The molecule has 0 heterocycles. The van der Waals surface area contributed by atoms with Crippen molar-refractivity contribution < 1.29 is 0 Å². The van der Waals surface area contributed by atoms with E-state index in [1.165, 1.54) is 25.7 Å². The number of hydrogen-bond acceptors (Lipinski definition) is 2. The lowest BCUT2D eigenvalue weighted by atomic mass is 9.70. The first kappa shape index (κ1) is 16.4. The second kappa shape index (κ2) is 6.83. The monoisotopic (exact) mass is 348 g/mol. The molecule has 1 N–H and O–H groups in total. The Morgan fingerprint density at radius 3 is 2.48 bits per heavy atom. The van der Waals surface area contributed by atoms with E-state index in [2.05, 4.69) is 48.1 Å². The van der Waals surface area contributed by atoms with Gasteiger partial charge in [0, 0.05) is 11.0 Å². The van der Waals surface area contributed by atoms with Crippen molar-refractivity contribution in [1.29, 1.82) is 5.26 Å². The molecule has 21 heavy (non-hydrogen) atoms. The van der Waals surface area contributed by atoms with Gasteiger partial charge in [-0.15, -0.1) is 0 Å². The van der Waals surface area contributed by atoms with Crippen LogP contribution in [0.25, 0.3) is 0 Å². The molecule has 1 fully saturated rings. The SMILES string of the molecule is CC(C)(C)C1CCC(CNc2ccc(Br)cc2C#N)CC1. The molecule has 0 atom stereocenters. The van der Waals surface area contributed by atoms with Crippen LogP contribution in [-0.2, 0) is 0 Å². The van der Waals surface area contributed by atoms with Crippen LogP contribution in [0.15, 0.2) is 22.7 Å². The summed E-state index contributed by atoms with van der Waals surface area (Å²) in [5, 5.41) is 12.7. The highest BCUT2D eigenvalue weighted by atomic mass is 79.9. The molecule has 0 unspecified atom stereocenters. The van der Waals surface area contributed by atoms with Gasteiger partial charge in [0.2, 0.25) is 0 Å². The largest absolute Gasteiger partial charge is 0.384 e. The Hall–Kier alpha value is -1.01. The molecule has 0 radical (unpaired) electrons. The second-order valence-corrected chi connectivity index (χ2v) is 8.18. The summed E-state index contributed by atoms with van der Waals surface area (Å²) >= 11 is 3.41. The normalized spacial score (nSPS) is 22.6. The van der Waals surface area contributed by atoms with Gasteiger partial charge in [0.05, 0.1) is 11.3 Å². The van der Waals surface area contributed by atoms with Crippen molar-refractivity contribution in [2.75, 3.05) is 11.9 Å². The summed E-state index contributed by atoms with van der Waals surface area (Å²) in [5.74, 6) is 1.59. The van der Waals surface area contributed by atoms with Crippen LogP contribution in [0.1, 0.15) is 52.0 Å². The maximum atomic E-state index is 9.19. The fourth-order valence-corrected chi connectivity index (χ4v) is 3.61. The van der Waals surface area contributed by atoms with E-state index in [4.69, 9.17) is 0 Å². The standard InChI is InChI=1S/C18H25BrN2/c1-18(2,3)15-6-4-13(5-7-15)12-21-17-9-8-16(19)10-14(17)11-20/h8-10,13,15,21H,4-7,12H2,1-3H3.